The number of sulfonamides is 1. The minimum atomic E-state index is -3.78. The van der Waals surface area contributed by atoms with E-state index in [1.54, 1.807) is 24.3 Å². The second kappa shape index (κ2) is 7.78. The summed E-state index contributed by atoms with van der Waals surface area (Å²) in [6.45, 7) is 0.0534. The van der Waals surface area contributed by atoms with Crippen LogP contribution in [0.2, 0.25) is 5.02 Å². The van der Waals surface area contributed by atoms with Crippen LogP contribution >= 0.6 is 11.6 Å². The molecule has 2 aromatic heterocycles. The number of aromatic amines is 1. The lowest BCUT2D eigenvalue weighted by Gasteiger charge is -2.06. The standard InChI is InChI=1S/C19H14ClFN4O3S/c20-16-4-2-1-3-13(16)10-23-29(26,27)15-9-17(22-11-15)19-25-24-18(28-19)12-5-7-14(21)8-6-12/h1-9,11,22-23H,10H2. The molecule has 0 unspecified atom stereocenters. The molecule has 0 atom stereocenters. The van der Waals surface area contributed by atoms with E-state index >= 15 is 0 Å². The highest BCUT2D eigenvalue weighted by molar-refractivity contribution is 7.89. The molecule has 0 bridgehead atoms. The van der Waals surface area contributed by atoms with Gasteiger partial charge in [0.15, 0.2) is 0 Å². The van der Waals surface area contributed by atoms with Gasteiger partial charge in [0.05, 0.1) is 0 Å². The van der Waals surface area contributed by atoms with Gasteiger partial charge in [-0.05, 0) is 42.0 Å². The van der Waals surface area contributed by atoms with Gasteiger partial charge in [0.2, 0.25) is 15.9 Å². The summed E-state index contributed by atoms with van der Waals surface area (Å²) in [5.41, 5.74) is 1.55. The minimum absolute atomic E-state index is 0.0149. The average Bonchev–Trinajstić information content (AvgIpc) is 3.38. The van der Waals surface area contributed by atoms with Crippen LogP contribution in [0.3, 0.4) is 0 Å². The third-order valence-corrected chi connectivity index (χ3v) is 5.87. The van der Waals surface area contributed by atoms with Gasteiger partial charge in [0, 0.05) is 23.3 Å². The number of benzene rings is 2. The third-order valence-electron chi connectivity index (χ3n) is 4.12. The Morgan fingerprint density at radius 2 is 1.79 bits per heavy atom. The van der Waals surface area contributed by atoms with Crippen molar-refractivity contribution in [3.05, 3.63) is 77.2 Å². The quantitative estimate of drug-likeness (QED) is 0.479. The van der Waals surface area contributed by atoms with Crippen molar-refractivity contribution in [2.75, 3.05) is 0 Å². The summed E-state index contributed by atoms with van der Waals surface area (Å²) in [7, 11) is -3.78. The molecule has 4 rings (SSSR count). The molecule has 29 heavy (non-hydrogen) atoms. The van der Waals surface area contributed by atoms with E-state index in [1.807, 2.05) is 0 Å². The van der Waals surface area contributed by atoms with Crippen molar-refractivity contribution in [1.29, 1.82) is 0 Å². The Kier molecular flexibility index (Phi) is 5.18. The molecular weight excluding hydrogens is 419 g/mol. The molecular formula is C19H14ClFN4O3S. The topological polar surface area (TPSA) is 101 Å². The highest BCUT2D eigenvalue weighted by atomic mass is 35.5. The van der Waals surface area contributed by atoms with Crippen LogP contribution in [0.1, 0.15) is 5.56 Å². The zero-order valence-electron chi connectivity index (χ0n) is 14.8. The Balaban J connectivity index is 1.52. The third kappa shape index (κ3) is 4.21. The molecule has 0 aliphatic rings. The van der Waals surface area contributed by atoms with E-state index in [0.29, 0.717) is 21.8 Å². The molecule has 4 aromatic rings. The Hall–Kier alpha value is -3.01. The maximum Gasteiger partial charge on any atom is 0.264 e. The fourth-order valence-corrected chi connectivity index (χ4v) is 3.79. The predicted octanol–water partition coefficient (Wildman–Crippen LogP) is 4.00. The van der Waals surface area contributed by atoms with Gasteiger partial charge >= 0.3 is 0 Å². The first kappa shape index (κ1) is 19.3. The summed E-state index contributed by atoms with van der Waals surface area (Å²) in [6, 6.07) is 13.9. The summed E-state index contributed by atoms with van der Waals surface area (Å²) in [5.74, 6) is -0.0790. The molecule has 2 heterocycles. The van der Waals surface area contributed by atoms with Gasteiger partial charge in [-0.3, -0.25) is 0 Å². The van der Waals surface area contributed by atoms with Crippen LogP contribution in [0.5, 0.6) is 0 Å². The Morgan fingerprint density at radius 3 is 2.55 bits per heavy atom. The molecule has 148 valence electrons. The van der Waals surface area contributed by atoms with Gasteiger partial charge in [-0.15, -0.1) is 10.2 Å². The lowest BCUT2D eigenvalue weighted by atomic mass is 10.2. The van der Waals surface area contributed by atoms with Crippen molar-refractivity contribution in [3.63, 3.8) is 0 Å². The van der Waals surface area contributed by atoms with Crippen molar-refractivity contribution in [3.8, 4) is 23.0 Å². The fourth-order valence-electron chi connectivity index (χ4n) is 2.59. The Labute approximate surface area is 170 Å². The van der Waals surface area contributed by atoms with Crippen molar-refractivity contribution in [2.45, 2.75) is 11.4 Å². The summed E-state index contributed by atoms with van der Waals surface area (Å²) >= 11 is 6.06. The number of aromatic nitrogens is 3. The smallest absolute Gasteiger partial charge is 0.264 e. The molecule has 2 aromatic carbocycles. The zero-order chi connectivity index (χ0) is 20.4. The van der Waals surface area contributed by atoms with Crippen LogP contribution in [-0.4, -0.2) is 23.6 Å². The zero-order valence-corrected chi connectivity index (χ0v) is 16.3. The lowest BCUT2D eigenvalue weighted by molar-refractivity contribution is 0.581. The van der Waals surface area contributed by atoms with E-state index in [2.05, 4.69) is 19.9 Å². The SMILES string of the molecule is O=S(=O)(NCc1ccccc1Cl)c1c[nH]c(-c2nnc(-c3ccc(F)cc3)o2)c1. The van der Waals surface area contributed by atoms with Crippen molar-refractivity contribution < 1.29 is 17.2 Å². The van der Waals surface area contributed by atoms with Gasteiger partial charge in [0.1, 0.15) is 16.4 Å². The molecule has 7 nitrogen and oxygen atoms in total. The van der Waals surface area contributed by atoms with Gasteiger partial charge in [0.25, 0.3) is 5.89 Å². The Morgan fingerprint density at radius 1 is 1.07 bits per heavy atom. The van der Waals surface area contributed by atoms with Crippen LogP contribution in [-0.2, 0) is 16.6 Å². The van der Waals surface area contributed by atoms with Gasteiger partial charge in [-0.2, -0.15) is 0 Å². The molecule has 0 aliphatic heterocycles. The van der Waals surface area contributed by atoms with Crippen LogP contribution in [0, 0.1) is 5.82 Å². The van der Waals surface area contributed by atoms with Crippen molar-refractivity contribution in [1.82, 2.24) is 19.9 Å². The summed E-state index contributed by atoms with van der Waals surface area (Å²) in [4.78, 5) is 2.83. The largest absolute Gasteiger partial charge is 0.415 e. The number of hydrogen-bond acceptors (Lipinski definition) is 5. The maximum absolute atomic E-state index is 13.0. The number of halogens is 2. The van der Waals surface area contributed by atoms with E-state index in [4.69, 9.17) is 16.0 Å². The Bertz CT molecular complexity index is 1250. The second-order valence-corrected chi connectivity index (χ2v) is 8.26. The number of nitrogens with one attached hydrogen (secondary N) is 2. The van der Waals surface area contributed by atoms with Crippen molar-refractivity contribution in [2.24, 2.45) is 0 Å². The molecule has 2 N–H and O–H groups in total. The molecule has 0 amide bonds. The predicted molar refractivity (Wildman–Crippen MR) is 105 cm³/mol. The molecule has 0 spiro atoms. The van der Waals surface area contributed by atoms with E-state index in [1.165, 1.54) is 36.5 Å². The monoisotopic (exact) mass is 432 g/mol. The fraction of sp³-hybridized carbons (Fsp3) is 0.0526. The van der Waals surface area contributed by atoms with Gasteiger partial charge in [-0.1, -0.05) is 29.8 Å². The number of rotatable bonds is 6. The van der Waals surface area contributed by atoms with E-state index in [9.17, 15) is 12.8 Å². The highest BCUT2D eigenvalue weighted by Crippen LogP contribution is 2.25. The average molecular weight is 433 g/mol. The van der Waals surface area contributed by atoms with Crippen LogP contribution in [0.15, 0.2) is 70.1 Å². The van der Waals surface area contributed by atoms with Crippen LogP contribution in [0.25, 0.3) is 23.0 Å². The molecule has 0 saturated carbocycles. The molecule has 0 aliphatic carbocycles. The first-order valence-corrected chi connectivity index (χ1v) is 10.3. The van der Waals surface area contributed by atoms with Crippen LogP contribution in [0.4, 0.5) is 4.39 Å². The molecule has 0 saturated heterocycles. The van der Waals surface area contributed by atoms with E-state index < -0.39 is 10.0 Å². The second-order valence-electron chi connectivity index (χ2n) is 6.08. The molecule has 0 radical (unpaired) electrons. The first-order valence-electron chi connectivity index (χ1n) is 8.44. The normalized spacial score (nSPS) is 11.7. The molecule has 0 fully saturated rings. The van der Waals surface area contributed by atoms with E-state index in [-0.39, 0.29) is 29.0 Å². The highest BCUT2D eigenvalue weighted by Gasteiger charge is 2.19. The maximum atomic E-state index is 13.0. The first-order chi connectivity index (χ1) is 13.9. The van der Waals surface area contributed by atoms with Crippen molar-refractivity contribution >= 4 is 21.6 Å². The number of hydrogen-bond donors (Lipinski definition) is 2. The number of H-pyrrole nitrogens is 1. The summed E-state index contributed by atoms with van der Waals surface area (Å²) < 4.78 is 46.2. The number of nitrogens with zero attached hydrogens (tertiary/aromatic N) is 2. The van der Waals surface area contributed by atoms with Gasteiger partial charge < -0.3 is 9.40 Å². The molecule has 10 heteroatoms. The van der Waals surface area contributed by atoms with E-state index in [0.717, 1.165) is 0 Å². The lowest BCUT2D eigenvalue weighted by Crippen LogP contribution is -2.22. The summed E-state index contributed by atoms with van der Waals surface area (Å²) in [6.07, 6.45) is 1.33. The van der Waals surface area contributed by atoms with Crippen LogP contribution < -0.4 is 4.72 Å². The summed E-state index contributed by atoms with van der Waals surface area (Å²) in [5, 5.41) is 8.30. The minimum Gasteiger partial charge on any atom is -0.415 e. The van der Waals surface area contributed by atoms with Gasteiger partial charge in [-0.25, -0.2) is 17.5 Å².